The number of carboxylic acid groups (broad SMARTS) is 1. The van der Waals surface area contributed by atoms with Gasteiger partial charge in [-0.1, -0.05) is 35.9 Å². The summed E-state index contributed by atoms with van der Waals surface area (Å²) >= 11 is 7.24. The Kier molecular flexibility index (Phi) is 5.24. The van der Waals surface area contributed by atoms with Crippen molar-refractivity contribution in [3.8, 4) is 11.3 Å². The van der Waals surface area contributed by atoms with Gasteiger partial charge >= 0.3 is 5.97 Å². The zero-order valence-corrected chi connectivity index (χ0v) is 16.3. The molecule has 2 heterocycles. The number of carbonyl (C=O) groups excluding carboxylic acids is 1. The predicted molar refractivity (Wildman–Crippen MR) is 113 cm³/mol. The van der Waals surface area contributed by atoms with Gasteiger partial charge in [0, 0.05) is 11.6 Å². The number of hydrogen-bond donors (Lipinski definition) is 2. The average Bonchev–Trinajstić information content (AvgIpc) is 3.29. The number of rotatable bonds is 4. The van der Waals surface area contributed by atoms with Crippen molar-refractivity contribution in [1.29, 1.82) is 0 Å². The predicted octanol–water partition coefficient (Wildman–Crippen LogP) is 5.19. The standard InChI is InChI=1S/C21H13ClN2O4S/c22-16-10-12(6-8-15(16)20(26)27)17-9-7-14(28-17)11-18-19(25)24-21(29-18)23-13-4-2-1-3-5-13/h1-11H,(H,26,27)(H,23,24,25)/b18-11-. The Balaban J connectivity index is 1.55. The van der Waals surface area contributed by atoms with Crippen LogP contribution in [0.2, 0.25) is 5.02 Å². The Bertz CT molecular complexity index is 1170. The van der Waals surface area contributed by atoms with E-state index in [1.54, 1.807) is 24.3 Å². The summed E-state index contributed by atoms with van der Waals surface area (Å²) in [5, 5.41) is 12.4. The number of thioether (sulfide) groups is 1. The monoisotopic (exact) mass is 424 g/mol. The van der Waals surface area contributed by atoms with E-state index in [0.29, 0.717) is 27.2 Å². The zero-order chi connectivity index (χ0) is 20.4. The van der Waals surface area contributed by atoms with E-state index >= 15 is 0 Å². The van der Waals surface area contributed by atoms with Crippen LogP contribution in [0.15, 0.2) is 75.0 Å². The lowest BCUT2D eigenvalue weighted by Gasteiger charge is -2.01. The van der Waals surface area contributed by atoms with Crippen molar-refractivity contribution in [1.82, 2.24) is 5.32 Å². The van der Waals surface area contributed by atoms with Gasteiger partial charge in [-0.05, 0) is 48.2 Å². The zero-order valence-electron chi connectivity index (χ0n) is 14.8. The third-order valence-electron chi connectivity index (χ3n) is 4.02. The van der Waals surface area contributed by atoms with Crippen LogP contribution in [0.25, 0.3) is 17.4 Å². The van der Waals surface area contributed by atoms with Crippen LogP contribution in [0, 0.1) is 0 Å². The molecular formula is C21H13ClN2O4S. The fourth-order valence-electron chi connectivity index (χ4n) is 2.66. The van der Waals surface area contributed by atoms with Gasteiger partial charge in [-0.15, -0.1) is 0 Å². The van der Waals surface area contributed by atoms with Crippen molar-refractivity contribution < 1.29 is 19.1 Å². The Morgan fingerprint density at radius 1 is 1.14 bits per heavy atom. The van der Waals surface area contributed by atoms with E-state index in [0.717, 1.165) is 5.69 Å². The number of carbonyl (C=O) groups is 2. The number of halogens is 1. The van der Waals surface area contributed by atoms with Crippen LogP contribution in [-0.4, -0.2) is 22.2 Å². The number of para-hydroxylation sites is 1. The van der Waals surface area contributed by atoms with Gasteiger partial charge in [0.25, 0.3) is 5.91 Å². The van der Waals surface area contributed by atoms with E-state index in [1.165, 1.54) is 23.9 Å². The van der Waals surface area contributed by atoms with Crippen molar-refractivity contribution in [2.24, 2.45) is 4.99 Å². The highest BCUT2D eigenvalue weighted by Crippen LogP contribution is 2.31. The number of furan rings is 1. The third kappa shape index (κ3) is 4.26. The Labute approximate surface area is 174 Å². The van der Waals surface area contributed by atoms with Crippen LogP contribution in [-0.2, 0) is 4.79 Å². The summed E-state index contributed by atoms with van der Waals surface area (Å²) < 4.78 is 5.77. The van der Waals surface area contributed by atoms with Crippen molar-refractivity contribution in [2.75, 3.05) is 0 Å². The quantitative estimate of drug-likeness (QED) is 0.562. The van der Waals surface area contributed by atoms with Crippen molar-refractivity contribution in [3.05, 3.63) is 81.9 Å². The van der Waals surface area contributed by atoms with Gasteiger partial charge in [0.05, 0.1) is 21.2 Å². The molecule has 3 aromatic rings. The van der Waals surface area contributed by atoms with Gasteiger partial charge in [0.2, 0.25) is 0 Å². The van der Waals surface area contributed by atoms with Gasteiger partial charge in [0.1, 0.15) is 11.5 Å². The number of nitrogens with one attached hydrogen (secondary N) is 1. The minimum Gasteiger partial charge on any atom is -0.478 e. The molecule has 29 heavy (non-hydrogen) atoms. The number of aliphatic imine (C=N–C) groups is 1. The van der Waals surface area contributed by atoms with E-state index in [9.17, 15) is 9.59 Å². The van der Waals surface area contributed by atoms with Crippen LogP contribution in [0.4, 0.5) is 5.69 Å². The molecule has 2 N–H and O–H groups in total. The minimum absolute atomic E-state index is 0.0218. The molecule has 8 heteroatoms. The largest absolute Gasteiger partial charge is 0.478 e. The number of benzene rings is 2. The van der Waals surface area contributed by atoms with Gasteiger partial charge < -0.3 is 14.8 Å². The summed E-state index contributed by atoms with van der Waals surface area (Å²) in [5.74, 6) is -0.352. The summed E-state index contributed by atoms with van der Waals surface area (Å²) in [6.07, 6.45) is 1.63. The van der Waals surface area contributed by atoms with Gasteiger partial charge in [-0.3, -0.25) is 4.79 Å². The van der Waals surface area contributed by atoms with Crippen LogP contribution in [0.1, 0.15) is 16.1 Å². The second-order valence-corrected chi connectivity index (χ2v) is 7.46. The number of amidine groups is 1. The highest BCUT2D eigenvalue weighted by atomic mass is 35.5. The number of carboxylic acids is 1. The van der Waals surface area contributed by atoms with Crippen LogP contribution in [0.3, 0.4) is 0 Å². The van der Waals surface area contributed by atoms with E-state index in [1.807, 2.05) is 30.3 Å². The molecule has 0 aliphatic carbocycles. The Morgan fingerprint density at radius 2 is 1.93 bits per heavy atom. The molecule has 0 unspecified atom stereocenters. The van der Waals surface area contributed by atoms with E-state index in [2.05, 4.69) is 10.3 Å². The van der Waals surface area contributed by atoms with Crippen molar-refractivity contribution >= 4 is 52.2 Å². The summed E-state index contributed by atoms with van der Waals surface area (Å²) in [5.41, 5.74) is 1.41. The summed E-state index contributed by atoms with van der Waals surface area (Å²) in [6, 6.07) is 17.4. The lowest BCUT2D eigenvalue weighted by molar-refractivity contribution is -0.115. The number of aromatic carboxylic acids is 1. The van der Waals surface area contributed by atoms with Crippen LogP contribution in [0.5, 0.6) is 0 Å². The molecule has 4 rings (SSSR count). The van der Waals surface area contributed by atoms with Crippen molar-refractivity contribution in [2.45, 2.75) is 0 Å². The Hall–Kier alpha value is -3.29. The highest BCUT2D eigenvalue weighted by Gasteiger charge is 2.24. The van der Waals surface area contributed by atoms with E-state index in [4.69, 9.17) is 21.1 Å². The number of nitrogens with zero attached hydrogens (tertiary/aromatic N) is 1. The fraction of sp³-hybridized carbons (Fsp3) is 0. The first kappa shape index (κ1) is 19.0. The molecule has 1 saturated heterocycles. The molecule has 6 nitrogen and oxygen atoms in total. The van der Waals surface area contributed by atoms with E-state index in [-0.39, 0.29) is 16.5 Å². The van der Waals surface area contributed by atoms with E-state index < -0.39 is 5.97 Å². The first-order chi connectivity index (χ1) is 14.0. The lowest BCUT2D eigenvalue weighted by atomic mass is 10.1. The molecule has 1 aliphatic rings. The normalized spacial score (nSPS) is 16.4. The molecule has 144 valence electrons. The van der Waals surface area contributed by atoms with Crippen LogP contribution < -0.4 is 5.32 Å². The molecule has 0 saturated carbocycles. The summed E-state index contributed by atoms with van der Waals surface area (Å²) in [4.78, 5) is 28.1. The lowest BCUT2D eigenvalue weighted by Crippen LogP contribution is -2.19. The average molecular weight is 425 g/mol. The molecule has 2 aromatic carbocycles. The topological polar surface area (TPSA) is 91.9 Å². The second-order valence-electron chi connectivity index (χ2n) is 6.02. The molecular weight excluding hydrogens is 412 g/mol. The molecule has 0 spiro atoms. The SMILES string of the molecule is O=C1NC(=Nc2ccccc2)S/C1=C\c1ccc(-c2ccc(C(=O)O)c(Cl)c2)o1. The first-order valence-corrected chi connectivity index (χ1v) is 9.67. The maximum absolute atomic E-state index is 12.2. The van der Waals surface area contributed by atoms with Gasteiger partial charge in [-0.2, -0.15) is 0 Å². The van der Waals surface area contributed by atoms with Crippen LogP contribution >= 0.6 is 23.4 Å². The molecule has 1 aromatic heterocycles. The van der Waals surface area contributed by atoms with Crippen molar-refractivity contribution in [3.63, 3.8) is 0 Å². The van der Waals surface area contributed by atoms with Gasteiger partial charge in [0.15, 0.2) is 5.17 Å². The van der Waals surface area contributed by atoms with Gasteiger partial charge in [-0.25, -0.2) is 9.79 Å². The molecule has 1 fully saturated rings. The molecule has 1 amide bonds. The number of hydrogen-bond acceptors (Lipinski definition) is 5. The maximum atomic E-state index is 12.2. The Morgan fingerprint density at radius 3 is 2.66 bits per heavy atom. The highest BCUT2D eigenvalue weighted by molar-refractivity contribution is 8.18. The molecule has 0 bridgehead atoms. The fourth-order valence-corrected chi connectivity index (χ4v) is 3.74. The molecule has 0 atom stereocenters. The summed E-state index contributed by atoms with van der Waals surface area (Å²) in [7, 11) is 0. The first-order valence-electron chi connectivity index (χ1n) is 8.47. The minimum atomic E-state index is -1.09. The maximum Gasteiger partial charge on any atom is 0.337 e. The third-order valence-corrected chi connectivity index (χ3v) is 5.24. The summed E-state index contributed by atoms with van der Waals surface area (Å²) in [6.45, 7) is 0. The second kappa shape index (κ2) is 7.98. The smallest absolute Gasteiger partial charge is 0.337 e. The number of amides is 1. The molecule has 1 aliphatic heterocycles. The molecule has 0 radical (unpaired) electrons.